The maximum Gasteiger partial charge on any atom is 0.222 e. The standard InChI is InChI=1S/C18H30N4O.HI/c1-4-6-14-22(3)18(19-5-2)20-13-12-17(23)21-15-16-10-8-7-9-11-16;/h7-11H,4-6,12-15H2,1-3H3,(H,19,20)(H,21,23);1H. The summed E-state index contributed by atoms with van der Waals surface area (Å²) in [6, 6.07) is 9.92. The first-order valence-electron chi connectivity index (χ1n) is 8.47. The van der Waals surface area contributed by atoms with Crippen molar-refractivity contribution in [2.45, 2.75) is 39.7 Å². The second kappa shape index (κ2) is 14.1. The van der Waals surface area contributed by atoms with Crippen LogP contribution in [0.15, 0.2) is 35.3 Å². The van der Waals surface area contributed by atoms with Crippen LogP contribution in [0, 0.1) is 0 Å². The minimum atomic E-state index is 0. The maximum absolute atomic E-state index is 11.9. The lowest BCUT2D eigenvalue weighted by atomic mass is 10.2. The molecule has 0 fully saturated rings. The van der Waals surface area contributed by atoms with E-state index in [-0.39, 0.29) is 29.9 Å². The first kappa shape index (κ1) is 22.7. The fourth-order valence-electron chi connectivity index (χ4n) is 2.12. The van der Waals surface area contributed by atoms with Crippen LogP contribution in [0.2, 0.25) is 0 Å². The van der Waals surface area contributed by atoms with E-state index in [1.165, 1.54) is 0 Å². The molecule has 0 heterocycles. The second-order valence-electron chi connectivity index (χ2n) is 5.52. The molecule has 1 amide bonds. The molecule has 136 valence electrons. The van der Waals surface area contributed by atoms with Gasteiger partial charge in [-0.2, -0.15) is 0 Å². The van der Waals surface area contributed by atoms with Crippen LogP contribution >= 0.6 is 24.0 Å². The van der Waals surface area contributed by atoms with E-state index in [1.54, 1.807) is 0 Å². The van der Waals surface area contributed by atoms with Crippen LogP contribution in [-0.4, -0.2) is 43.4 Å². The summed E-state index contributed by atoms with van der Waals surface area (Å²) in [5.74, 6) is 0.904. The lowest BCUT2D eigenvalue weighted by Crippen LogP contribution is -2.39. The molecule has 0 atom stereocenters. The summed E-state index contributed by atoms with van der Waals surface area (Å²) < 4.78 is 0. The highest BCUT2D eigenvalue weighted by Gasteiger charge is 2.05. The number of nitrogens with zero attached hydrogens (tertiary/aromatic N) is 2. The van der Waals surface area contributed by atoms with Gasteiger partial charge in [0.2, 0.25) is 5.91 Å². The Labute approximate surface area is 163 Å². The number of amides is 1. The molecular formula is C18H31IN4O. The van der Waals surface area contributed by atoms with Crippen LogP contribution in [-0.2, 0) is 11.3 Å². The molecule has 0 saturated heterocycles. The molecule has 0 aromatic heterocycles. The van der Waals surface area contributed by atoms with Gasteiger partial charge in [0.05, 0.1) is 6.54 Å². The van der Waals surface area contributed by atoms with E-state index in [9.17, 15) is 4.79 Å². The van der Waals surface area contributed by atoms with Gasteiger partial charge in [-0.3, -0.25) is 9.79 Å². The number of benzene rings is 1. The minimum absolute atomic E-state index is 0. The van der Waals surface area contributed by atoms with Crippen molar-refractivity contribution in [2.24, 2.45) is 4.99 Å². The summed E-state index contributed by atoms with van der Waals surface area (Å²) in [7, 11) is 2.03. The number of hydrogen-bond acceptors (Lipinski definition) is 2. The van der Waals surface area contributed by atoms with Crippen LogP contribution < -0.4 is 10.6 Å². The Morgan fingerprint density at radius 2 is 1.88 bits per heavy atom. The molecular weight excluding hydrogens is 415 g/mol. The number of carbonyl (C=O) groups excluding carboxylic acids is 1. The molecule has 5 nitrogen and oxygen atoms in total. The van der Waals surface area contributed by atoms with Crippen LogP contribution in [0.25, 0.3) is 0 Å². The number of rotatable bonds is 9. The van der Waals surface area contributed by atoms with Crippen molar-refractivity contribution in [3.8, 4) is 0 Å². The molecule has 0 aliphatic rings. The molecule has 0 saturated carbocycles. The first-order chi connectivity index (χ1) is 11.2. The molecule has 1 aromatic rings. The SMILES string of the molecule is CCCCN(C)C(=NCCC(=O)NCc1ccccc1)NCC.I. The Bertz CT molecular complexity index is 479. The molecule has 0 spiro atoms. The fraction of sp³-hybridized carbons (Fsp3) is 0.556. The number of hydrogen-bond donors (Lipinski definition) is 2. The van der Waals surface area contributed by atoms with Crippen LogP contribution in [0.4, 0.5) is 0 Å². The third kappa shape index (κ3) is 9.75. The van der Waals surface area contributed by atoms with Crippen molar-refractivity contribution in [3.63, 3.8) is 0 Å². The van der Waals surface area contributed by atoms with E-state index in [1.807, 2.05) is 37.4 Å². The Balaban J connectivity index is 0.00000529. The topological polar surface area (TPSA) is 56.7 Å². The van der Waals surface area contributed by atoms with Gasteiger partial charge in [-0.05, 0) is 18.9 Å². The third-order valence-corrected chi connectivity index (χ3v) is 3.48. The Hall–Kier alpha value is -1.31. The van der Waals surface area contributed by atoms with Gasteiger partial charge in [-0.1, -0.05) is 43.7 Å². The van der Waals surface area contributed by atoms with Crippen molar-refractivity contribution >= 4 is 35.8 Å². The van der Waals surface area contributed by atoms with Crippen LogP contribution in [0.5, 0.6) is 0 Å². The molecule has 1 rings (SSSR count). The average molecular weight is 446 g/mol. The Kier molecular flexibility index (Phi) is 13.3. The Morgan fingerprint density at radius 3 is 2.50 bits per heavy atom. The smallest absolute Gasteiger partial charge is 0.222 e. The highest BCUT2D eigenvalue weighted by atomic mass is 127. The lowest BCUT2D eigenvalue weighted by molar-refractivity contribution is -0.121. The van der Waals surface area contributed by atoms with Gasteiger partial charge < -0.3 is 15.5 Å². The summed E-state index contributed by atoms with van der Waals surface area (Å²) in [4.78, 5) is 18.5. The van der Waals surface area contributed by atoms with Gasteiger partial charge in [0.15, 0.2) is 5.96 Å². The van der Waals surface area contributed by atoms with E-state index in [0.29, 0.717) is 19.5 Å². The summed E-state index contributed by atoms with van der Waals surface area (Å²) in [6.45, 7) is 7.10. The molecule has 6 heteroatoms. The van der Waals surface area contributed by atoms with E-state index in [4.69, 9.17) is 0 Å². The molecule has 0 radical (unpaired) electrons. The highest BCUT2D eigenvalue weighted by Crippen LogP contribution is 1.98. The number of carbonyl (C=O) groups is 1. The van der Waals surface area contributed by atoms with E-state index in [2.05, 4.69) is 34.4 Å². The second-order valence-corrected chi connectivity index (χ2v) is 5.52. The summed E-state index contributed by atoms with van der Waals surface area (Å²) in [6.07, 6.45) is 2.70. The largest absolute Gasteiger partial charge is 0.357 e. The molecule has 0 aliphatic carbocycles. The number of guanidine groups is 1. The monoisotopic (exact) mass is 446 g/mol. The maximum atomic E-state index is 11.9. The predicted octanol–water partition coefficient (Wildman–Crippen LogP) is 3.01. The Morgan fingerprint density at radius 1 is 1.17 bits per heavy atom. The molecule has 1 aromatic carbocycles. The average Bonchev–Trinajstić information content (AvgIpc) is 2.58. The molecule has 2 N–H and O–H groups in total. The van der Waals surface area contributed by atoms with Crippen molar-refractivity contribution in [3.05, 3.63) is 35.9 Å². The minimum Gasteiger partial charge on any atom is -0.357 e. The normalized spacial score (nSPS) is 10.7. The van der Waals surface area contributed by atoms with Gasteiger partial charge in [-0.25, -0.2) is 0 Å². The van der Waals surface area contributed by atoms with Crippen LogP contribution in [0.1, 0.15) is 38.7 Å². The summed E-state index contributed by atoms with van der Waals surface area (Å²) in [5, 5.41) is 6.19. The van der Waals surface area contributed by atoms with Crippen molar-refractivity contribution in [1.82, 2.24) is 15.5 Å². The van der Waals surface area contributed by atoms with Crippen molar-refractivity contribution in [2.75, 3.05) is 26.7 Å². The molecule has 0 unspecified atom stereocenters. The summed E-state index contributed by atoms with van der Waals surface area (Å²) >= 11 is 0. The number of aliphatic imine (C=N–C) groups is 1. The first-order valence-corrected chi connectivity index (χ1v) is 8.47. The quantitative estimate of drug-likeness (QED) is 0.349. The molecule has 0 aliphatic heterocycles. The van der Waals surface area contributed by atoms with Gasteiger partial charge in [0.25, 0.3) is 0 Å². The van der Waals surface area contributed by atoms with Gasteiger partial charge in [0, 0.05) is 33.1 Å². The van der Waals surface area contributed by atoms with Crippen molar-refractivity contribution < 1.29 is 4.79 Å². The van der Waals surface area contributed by atoms with Gasteiger partial charge in [-0.15, -0.1) is 24.0 Å². The predicted molar refractivity (Wildman–Crippen MR) is 112 cm³/mol. The number of halogens is 1. The zero-order valence-corrected chi connectivity index (χ0v) is 17.4. The zero-order chi connectivity index (χ0) is 16.9. The highest BCUT2D eigenvalue weighted by molar-refractivity contribution is 14.0. The van der Waals surface area contributed by atoms with E-state index < -0.39 is 0 Å². The molecule has 24 heavy (non-hydrogen) atoms. The third-order valence-electron chi connectivity index (χ3n) is 3.48. The van der Waals surface area contributed by atoms with Crippen LogP contribution in [0.3, 0.4) is 0 Å². The van der Waals surface area contributed by atoms with Gasteiger partial charge in [0.1, 0.15) is 0 Å². The lowest BCUT2D eigenvalue weighted by Gasteiger charge is -2.21. The van der Waals surface area contributed by atoms with Crippen molar-refractivity contribution in [1.29, 1.82) is 0 Å². The summed E-state index contributed by atoms with van der Waals surface area (Å²) in [5.41, 5.74) is 1.11. The fourth-order valence-corrected chi connectivity index (χ4v) is 2.12. The number of nitrogens with one attached hydrogen (secondary N) is 2. The molecule has 0 bridgehead atoms. The number of unbranched alkanes of at least 4 members (excludes halogenated alkanes) is 1. The van der Waals surface area contributed by atoms with E-state index in [0.717, 1.165) is 37.5 Å². The zero-order valence-electron chi connectivity index (χ0n) is 15.0. The van der Waals surface area contributed by atoms with Gasteiger partial charge >= 0.3 is 0 Å². The van der Waals surface area contributed by atoms with E-state index >= 15 is 0 Å².